The second-order valence-corrected chi connectivity index (χ2v) is 5.00. The molecule has 0 bridgehead atoms. The molecule has 0 aliphatic heterocycles. The highest BCUT2D eigenvalue weighted by atomic mass is 32.1. The maximum Gasteiger partial charge on any atom is 0.200 e. The molecule has 1 aromatic carbocycles. The van der Waals surface area contributed by atoms with Gasteiger partial charge in [-0.15, -0.1) is 0 Å². The summed E-state index contributed by atoms with van der Waals surface area (Å²) in [6, 6.07) is 14.0. The molecule has 0 amide bonds. The van der Waals surface area contributed by atoms with Gasteiger partial charge in [-0.2, -0.15) is 5.10 Å². The summed E-state index contributed by atoms with van der Waals surface area (Å²) in [6.45, 7) is 3.96. The normalized spacial score (nSPS) is 10.7. The van der Waals surface area contributed by atoms with E-state index in [0.29, 0.717) is 4.77 Å². The molecule has 2 aromatic heterocycles. The van der Waals surface area contributed by atoms with E-state index in [1.54, 1.807) is 0 Å². The van der Waals surface area contributed by atoms with Crippen molar-refractivity contribution in [2.75, 3.05) is 0 Å². The summed E-state index contributed by atoms with van der Waals surface area (Å²) in [4.78, 5) is 4.49. The molecule has 0 aliphatic carbocycles. The van der Waals surface area contributed by atoms with Crippen LogP contribution in [0.25, 0.3) is 17.1 Å². The number of nitrogens with one attached hydrogen (secondary N) is 1. The predicted molar refractivity (Wildman–Crippen MR) is 81.5 cm³/mol. The lowest BCUT2D eigenvalue weighted by Gasteiger charge is -2.08. The standard InChI is InChI=1S/C15H14N4S/c1-10-8-9-13(11(2)16-10)14-17-18-15(20)19(14)12-6-4-3-5-7-12/h3-9H,1-2H3,(H,18,20). The van der Waals surface area contributed by atoms with Crippen LogP contribution in [0.5, 0.6) is 0 Å². The molecule has 5 heteroatoms. The van der Waals surface area contributed by atoms with Crippen molar-refractivity contribution in [3.8, 4) is 17.1 Å². The first-order valence-corrected chi connectivity index (χ1v) is 6.75. The van der Waals surface area contributed by atoms with Gasteiger partial charge >= 0.3 is 0 Å². The Morgan fingerprint density at radius 2 is 1.80 bits per heavy atom. The van der Waals surface area contributed by atoms with Gasteiger partial charge in [-0.25, -0.2) is 0 Å². The highest BCUT2D eigenvalue weighted by Gasteiger charge is 2.13. The van der Waals surface area contributed by atoms with Gasteiger partial charge in [-0.1, -0.05) is 18.2 Å². The monoisotopic (exact) mass is 282 g/mol. The Hall–Kier alpha value is -2.27. The van der Waals surface area contributed by atoms with E-state index in [9.17, 15) is 0 Å². The van der Waals surface area contributed by atoms with Crippen molar-refractivity contribution in [3.63, 3.8) is 0 Å². The average molecular weight is 282 g/mol. The lowest BCUT2D eigenvalue weighted by Crippen LogP contribution is -2.00. The van der Waals surface area contributed by atoms with Crippen molar-refractivity contribution in [1.82, 2.24) is 19.7 Å². The zero-order valence-corrected chi connectivity index (χ0v) is 12.1. The van der Waals surface area contributed by atoms with Crippen LogP contribution in [0, 0.1) is 18.6 Å². The van der Waals surface area contributed by atoms with Gasteiger partial charge < -0.3 is 0 Å². The fourth-order valence-corrected chi connectivity index (χ4v) is 2.45. The molecule has 0 spiro atoms. The predicted octanol–water partition coefficient (Wildman–Crippen LogP) is 3.61. The molecule has 0 aliphatic rings. The third kappa shape index (κ3) is 2.16. The smallest absolute Gasteiger partial charge is 0.200 e. The number of para-hydroxylation sites is 1. The average Bonchev–Trinajstić information content (AvgIpc) is 2.81. The molecular formula is C15H14N4S. The molecule has 100 valence electrons. The van der Waals surface area contributed by atoms with E-state index in [1.165, 1.54) is 0 Å². The first-order valence-electron chi connectivity index (χ1n) is 6.34. The summed E-state index contributed by atoms with van der Waals surface area (Å²) < 4.78 is 2.50. The van der Waals surface area contributed by atoms with Gasteiger partial charge in [0.25, 0.3) is 0 Å². The van der Waals surface area contributed by atoms with Gasteiger partial charge in [-0.3, -0.25) is 14.6 Å². The minimum absolute atomic E-state index is 0.575. The summed E-state index contributed by atoms with van der Waals surface area (Å²) in [5.41, 5.74) is 3.90. The van der Waals surface area contributed by atoms with Gasteiger partial charge in [0, 0.05) is 22.6 Å². The molecule has 0 radical (unpaired) electrons. The van der Waals surface area contributed by atoms with Crippen LogP contribution < -0.4 is 0 Å². The molecule has 0 atom stereocenters. The second-order valence-electron chi connectivity index (χ2n) is 4.61. The molecule has 0 unspecified atom stereocenters. The van der Waals surface area contributed by atoms with E-state index in [1.807, 2.05) is 60.9 Å². The molecule has 20 heavy (non-hydrogen) atoms. The molecule has 4 nitrogen and oxygen atoms in total. The Balaban J connectivity index is 2.24. The molecule has 1 N–H and O–H groups in total. The number of aromatic amines is 1. The van der Waals surface area contributed by atoms with Gasteiger partial charge in [0.05, 0.1) is 0 Å². The van der Waals surface area contributed by atoms with Crippen molar-refractivity contribution >= 4 is 12.2 Å². The van der Waals surface area contributed by atoms with E-state index in [-0.39, 0.29) is 0 Å². The zero-order chi connectivity index (χ0) is 14.1. The van der Waals surface area contributed by atoms with Crippen molar-refractivity contribution < 1.29 is 0 Å². The topological polar surface area (TPSA) is 46.5 Å². The van der Waals surface area contributed by atoms with E-state index in [4.69, 9.17) is 12.2 Å². The van der Waals surface area contributed by atoms with Crippen LogP contribution in [0.2, 0.25) is 0 Å². The lowest BCUT2D eigenvalue weighted by atomic mass is 10.1. The number of aromatic nitrogens is 4. The van der Waals surface area contributed by atoms with Crippen molar-refractivity contribution in [1.29, 1.82) is 0 Å². The van der Waals surface area contributed by atoms with Crippen LogP contribution in [-0.4, -0.2) is 19.7 Å². The third-order valence-electron chi connectivity index (χ3n) is 3.15. The Morgan fingerprint density at radius 3 is 2.50 bits per heavy atom. The van der Waals surface area contributed by atoms with Crippen LogP contribution in [0.1, 0.15) is 11.4 Å². The number of pyridine rings is 1. The largest absolute Gasteiger partial charge is 0.268 e. The van der Waals surface area contributed by atoms with Crippen molar-refractivity contribution in [3.05, 3.63) is 58.6 Å². The second kappa shape index (κ2) is 5.02. The van der Waals surface area contributed by atoms with Gasteiger partial charge in [0.15, 0.2) is 10.6 Å². The minimum Gasteiger partial charge on any atom is -0.268 e. The number of nitrogens with zero attached hydrogens (tertiary/aromatic N) is 3. The number of aryl methyl sites for hydroxylation is 2. The van der Waals surface area contributed by atoms with Gasteiger partial charge in [-0.05, 0) is 50.3 Å². The molecule has 3 rings (SSSR count). The van der Waals surface area contributed by atoms with Crippen LogP contribution in [-0.2, 0) is 0 Å². The number of H-pyrrole nitrogens is 1. The summed E-state index contributed by atoms with van der Waals surface area (Å²) >= 11 is 5.35. The van der Waals surface area contributed by atoms with E-state index >= 15 is 0 Å². The first-order chi connectivity index (χ1) is 9.66. The van der Waals surface area contributed by atoms with E-state index in [2.05, 4.69) is 15.2 Å². The van der Waals surface area contributed by atoms with Crippen molar-refractivity contribution in [2.24, 2.45) is 0 Å². The zero-order valence-electron chi connectivity index (χ0n) is 11.3. The number of rotatable bonds is 2. The fourth-order valence-electron chi connectivity index (χ4n) is 2.22. The van der Waals surface area contributed by atoms with Crippen LogP contribution in [0.4, 0.5) is 0 Å². The number of benzene rings is 1. The summed E-state index contributed by atoms with van der Waals surface area (Å²) in [5, 5.41) is 7.22. The molecule has 0 saturated carbocycles. The molecule has 0 fully saturated rings. The summed E-state index contributed by atoms with van der Waals surface area (Å²) in [6.07, 6.45) is 0. The molecule has 2 heterocycles. The summed E-state index contributed by atoms with van der Waals surface area (Å²) in [5.74, 6) is 0.784. The van der Waals surface area contributed by atoms with Gasteiger partial charge in [0.1, 0.15) is 0 Å². The fraction of sp³-hybridized carbons (Fsp3) is 0.133. The maximum absolute atomic E-state index is 5.35. The first kappa shape index (κ1) is 12.7. The number of hydrogen-bond acceptors (Lipinski definition) is 3. The molecule has 0 saturated heterocycles. The Labute approximate surface area is 122 Å². The Morgan fingerprint density at radius 1 is 1.05 bits per heavy atom. The maximum atomic E-state index is 5.35. The van der Waals surface area contributed by atoms with Crippen molar-refractivity contribution in [2.45, 2.75) is 13.8 Å². The molecule has 3 aromatic rings. The van der Waals surface area contributed by atoms with Crippen LogP contribution in [0.15, 0.2) is 42.5 Å². The van der Waals surface area contributed by atoms with E-state index in [0.717, 1.165) is 28.5 Å². The molecular weight excluding hydrogens is 268 g/mol. The highest BCUT2D eigenvalue weighted by molar-refractivity contribution is 7.71. The summed E-state index contributed by atoms with van der Waals surface area (Å²) in [7, 11) is 0. The number of hydrogen-bond donors (Lipinski definition) is 1. The van der Waals surface area contributed by atoms with Crippen LogP contribution in [0.3, 0.4) is 0 Å². The minimum atomic E-state index is 0.575. The SMILES string of the molecule is Cc1ccc(-c2n[nH]c(=S)n2-c2ccccc2)c(C)n1. The lowest BCUT2D eigenvalue weighted by molar-refractivity contribution is 1.03. The quantitative estimate of drug-likeness (QED) is 0.730. The van der Waals surface area contributed by atoms with Crippen LogP contribution >= 0.6 is 12.2 Å². The third-order valence-corrected chi connectivity index (χ3v) is 3.43. The van der Waals surface area contributed by atoms with Gasteiger partial charge in [0.2, 0.25) is 0 Å². The Kier molecular flexibility index (Phi) is 3.20. The van der Waals surface area contributed by atoms with E-state index < -0.39 is 0 Å². The Bertz CT molecular complexity index is 802. The highest BCUT2D eigenvalue weighted by Crippen LogP contribution is 2.23.